The lowest BCUT2D eigenvalue weighted by molar-refractivity contribution is 0.799. The molecular weight excluding hydrogens is 334 g/mol. The minimum atomic E-state index is 0.517. The molecule has 0 saturated heterocycles. The van der Waals surface area contributed by atoms with Gasteiger partial charge in [-0.25, -0.2) is 0 Å². The molecule has 2 N–H and O–H groups in total. The minimum absolute atomic E-state index is 0.517. The van der Waals surface area contributed by atoms with Gasteiger partial charge in [0, 0.05) is 28.7 Å². The van der Waals surface area contributed by atoms with Crippen LogP contribution in [0, 0.1) is 0 Å². The summed E-state index contributed by atoms with van der Waals surface area (Å²) in [4.78, 5) is 4.59. The van der Waals surface area contributed by atoms with Gasteiger partial charge in [0.15, 0.2) is 5.96 Å². The maximum atomic E-state index is 4.59. The Morgan fingerprint density at radius 1 is 1.40 bits per heavy atom. The minimum Gasteiger partial charge on any atom is -0.357 e. The fourth-order valence-electron chi connectivity index (χ4n) is 2.18. The van der Waals surface area contributed by atoms with Crippen LogP contribution in [0.2, 0.25) is 0 Å². The summed E-state index contributed by atoms with van der Waals surface area (Å²) in [5.74, 6) is 2.64. The Balaban J connectivity index is 1.86. The Morgan fingerprint density at radius 3 is 2.80 bits per heavy atom. The fourth-order valence-corrected chi connectivity index (χ4v) is 2.72. The largest absolute Gasteiger partial charge is 0.357 e. The van der Waals surface area contributed by atoms with Crippen molar-refractivity contribution < 1.29 is 0 Å². The molecule has 5 heteroatoms. The number of aliphatic imine (C=N–C) groups is 1. The van der Waals surface area contributed by atoms with Gasteiger partial charge in [-0.1, -0.05) is 28.1 Å². The molecule has 0 aromatic heterocycles. The molecule has 0 aliphatic heterocycles. The highest BCUT2D eigenvalue weighted by Crippen LogP contribution is 2.40. The van der Waals surface area contributed by atoms with Gasteiger partial charge in [0.2, 0.25) is 0 Å². The van der Waals surface area contributed by atoms with Crippen molar-refractivity contribution in [3.63, 3.8) is 0 Å². The van der Waals surface area contributed by atoms with Gasteiger partial charge in [-0.15, -0.1) is 0 Å². The number of rotatable bonds is 6. The monoisotopic (exact) mass is 355 g/mol. The lowest BCUT2D eigenvalue weighted by Gasteiger charge is -2.11. The van der Waals surface area contributed by atoms with E-state index in [1.54, 1.807) is 0 Å². The van der Waals surface area contributed by atoms with Crippen molar-refractivity contribution in [1.29, 1.82) is 0 Å². The van der Waals surface area contributed by atoms with Gasteiger partial charge >= 0.3 is 0 Å². The molecule has 20 heavy (non-hydrogen) atoms. The van der Waals surface area contributed by atoms with Crippen molar-refractivity contribution in [3.8, 4) is 0 Å². The molecule has 2 unspecified atom stereocenters. The summed E-state index contributed by atoms with van der Waals surface area (Å²) in [5, 5.41) is 6.85. The molecule has 0 spiro atoms. The number of nitrogens with one attached hydrogen (secondary N) is 2. The van der Waals surface area contributed by atoms with Crippen LogP contribution in [-0.4, -0.2) is 37.1 Å². The predicted molar refractivity (Wildman–Crippen MR) is 92.8 cm³/mol. The van der Waals surface area contributed by atoms with E-state index in [9.17, 15) is 0 Å². The predicted octanol–water partition coefficient (Wildman–Crippen LogP) is 3.22. The second kappa shape index (κ2) is 7.93. The molecule has 2 rings (SSSR count). The van der Waals surface area contributed by atoms with Crippen molar-refractivity contribution in [2.45, 2.75) is 25.3 Å². The average Bonchev–Trinajstić information content (AvgIpc) is 3.19. The van der Waals surface area contributed by atoms with Crippen LogP contribution >= 0.6 is 27.7 Å². The van der Waals surface area contributed by atoms with Crippen molar-refractivity contribution in [1.82, 2.24) is 10.6 Å². The van der Waals surface area contributed by atoms with Gasteiger partial charge in [-0.3, -0.25) is 4.99 Å². The van der Waals surface area contributed by atoms with E-state index in [0.29, 0.717) is 12.0 Å². The summed E-state index contributed by atoms with van der Waals surface area (Å²) in [5.41, 5.74) is 1.41. The molecular formula is C15H22BrN3S. The maximum Gasteiger partial charge on any atom is 0.191 e. The Hall–Kier alpha value is -0.680. The fraction of sp³-hybridized carbons (Fsp3) is 0.533. The van der Waals surface area contributed by atoms with E-state index >= 15 is 0 Å². The van der Waals surface area contributed by atoms with Crippen LogP contribution in [0.15, 0.2) is 33.7 Å². The molecule has 0 heterocycles. The maximum absolute atomic E-state index is 4.59. The molecule has 0 radical (unpaired) electrons. The smallest absolute Gasteiger partial charge is 0.191 e. The van der Waals surface area contributed by atoms with Gasteiger partial charge < -0.3 is 10.6 Å². The first-order valence-electron chi connectivity index (χ1n) is 7.03. The number of hydrogen-bond donors (Lipinski definition) is 2. The zero-order chi connectivity index (χ0) is 14.4. The van der Waals surface area contributed by atoms with Crippen molar-refractivity contribution in [3.05, 3.63) is 34.3 Å². The summed E-state index contributed by atoms with van der Waals surface area (Å²) in [6.07, 6.45) is 3.30. The van der Waals surface area contributed by atoms with Crippen LogP contribution in [0.3, 0.4) is 0 Å². The highest BCUT2D eigenvalue weighted by Gasteiger charge is 2.38. The normalized spacial score (nSPS) is 21.6. The number of halogens is 1. The van der Waals surface area contributed by atoms with Gasteiger partial charge in [-0.05, 0) is 37.3 Å². The Bertz CT molecular complexity index is 447. The molecule has 1 aliphatic carbocycles. The average molecular weight is 356 g/mol. The van der Waals surface area contributed by atoms with E-state index in [4.69, 9.17) is 0 Å². The molecule has 1 fully saturated rings. The van der Waals surface area contributed by atoms with Gasteiger partial charge in [0.25, 0.3) is 0 Å². The third-order valence-corrected chi connectivity index (χ3v) is 4.44. The lowest BCUT2D eigenvalue weighted by Crippen LogP contribution is -2.39. The first-order valence-corrected chi connectivity index (χ1v) is 9.22. The molecule has 0 bridgehead atoms. The van der Waals surface area contributed by atoms with E-state index < -0.39 is 0 Å². The first kappa shape index (κ1) is 15.7. The highest BCUT2D eigenvalue weighted by atomic mass is 79.9. The molecule has 1 saturated carbocycles. The summed E-state index contributed by atoms with van der Waals surface area (Å²) >= 11 is 5.31. The highest BCUT2D eigenvalue weighted by molar-refractivity contribution is 9.10. The van der Waals surface area contributed by atoms with Gasteiger partial charge in [0.1, 0.15) is 0 Å². The third kappa shape index (κ3) is 4.70. The van der Waals surface area contributed by atoms with Crippen molar-refractivity contribution >= 4 is 33.7 Å². The molecule has 2 atom stereocenters. The zero-order valence-corrected chi connectivity index (χ0v) is 14.4. The summed E-state index contributed by atoms with van der Waals surface area (Å²) < 4.78 is 1.14. The van der Waals surface area contributed by atoms with E-state index in [1.807, 2.05) is 11.8 Å². The molecule has 1 aliphatic rings. The SMILES string of the molecule is CCNC(=NCCSC)NC1CC1c1ccc(Br)cc1. The van der Waals surface area contributed by atoms with E-state index in [2.05, 4.69) is 69.0 Å². The molecule has 0 amide bonds. The van der Waals surface area contributed by atoms with Crippen LogP contribution in [0.5, 0.6) is 0 Å². The molecule has 3 nitrogen and oxygen atoms in total. The molecule has 1 aromatic rings. The van der Waals surface area contributed by atoms with Crippen LogP contribution < -0.4 is 10.6 Å². The van der Waals surface area contributed by atoms with E-state index in [0.717, 1.165) is 29.3 Å². The second-order valence-electron chi connectivity index (χ2n) is 4.90. The standard InChI is InChI=1S/C15H22BrN3S/c1-3-17-15(18-8-9-20-2)19-14-10-13(14)11-4-6-12(16)7-5-11/h4-7,13-14H,3,8-10H2,1-2H3,(H2,17,18,19). The molecule has 1 aromatic carbocycles. The Labute approximate surface area is 134 Å². The van der Waals surface area contributed by atoms with Crippen LogP contribution in [-0.2, 0) is 0 Å². The summed E-state index contributed by atoms with van der Waals surface area (Å²) in [6.45, 7) is 3.87. The van der Waals surface area contributed by atoms with Crippen molar-refractivity contribution in [2.75, 3.05) is 25.1 Å². The Morgan fingerprint density at radius 2 is 2.15 bits per heavy atom. The topological polar surface area (TPSA) is 36.4 Å². The van der Waals surface area contributed by atoms with Gasteiger partial charge in [-0.2, -0.15) is 11.8 Å². The second-order valence-corrected chi connectivity index (χ2v) is 6.80. The quantitative estimate of drug-likeness (QED) is 0.467. The molecule has 110 valence electrons. The number of hydrogen-bond acceptors (Lipinski definition) is 2. The zero-order valence-electron chi connectivity index (χ0n) is 12.0. The van der Waals surface area contributed by atoms with Gasteiger partial charge in [0.05, 0.1) is 6.54 Å². The number of thioether (sulfide) groups is 1. The van der Waals surface area contributed by atoms with Crippen LogP contribution in [0.1, 0.15) is 24.8 Å². The van der Waals surface area contributed by atoms with Crippen molar-refractivity contribution in [2.24, 2.45) is 4.99 Å². The van der Waals surface area contributed by atoms with Crippen LogP contribution in [0.25, 0.3) is 0 Å². The summed E-state index contributed by atoms with van der Waals surface area (Å²) in [6, 6.07) is 9.15. The number of nitrogens with zero attached hydrogens (tertiary/aromatic N) is 1. The van der Waals surface area contributed by atoms with Crippen LogP contribution in [0.4, 0.5) is 0 Å². The lowest BCUT2D eigenvalue weighted by atomic mass is 10.1. The van der Waals surface area contributed by atoms with E-state index in [-0.39, 0.29) is 0 Å². The first-order chi connectivity index (χ1) is 9.74. The number of guanidine groups is 1. The third-order valence-electron chi connectivity index (χ3n) is 3.32. The summed E-state index contributed by atoms with van der Waals surface area (Å²) in [7, 11) is 0. The Kier molecular flexibility index (Phi) is 6.23. The van der Waals surface area contributed by atoms with E-state index in [1.165, 1.54) is 12.0 Å². The number of benzene rings is 1.